The molecule has 0 aliphatic rings. The zero-order valence-electron chi connectivity index (χ0n) is 10.5. The molecule has 0 radical (unpaired) electrons. The van der Waals surface area contributed by atoms with Gasteiger partial charge in [0.15, 0.2) is 0 Å². The van der Waals surface area contributed by atoms with Crippen LogP contribution in [-0.4, -0.2) is 17.6 Å². The molecular formula is C12H14ClF3N2O2. The largest absolute Gasteiger partial charge is 0.389 e. The molecule has 0 aliphatic carbocycles. The number of benzene rings is 1. The van der Waals surface area contributed by atoms with Crippen LogP contribution >= 0.6 is 11.6 Å². The lowest BCUT2D eigenvalue weighted by atomic mass is 10.1. The minimum atomic E-state index is -4.13. The van der Waals surface area contributed by atoms with E-state index in [1.807, 2.05) is 0 Å². The Bertz CT molecular complexity index is 467. The summed E-state index contributed by atoms with van der Waals surface area (Å²) < 4.78 is 35.7. The fourth-order valence-corrected chi connectivity index (χ4v) is 1.87. The summed E-state index contributed by atoms with van der Waals surface area (Å²) in [6.07, 6.45) is -4.56. The molecule has 0 bridgehead atoms. The first kappa shape index (κ1) is 16.7. The number of nitrogens with one attached hydrogen (secondary N) is 1. The summed E-state index contributed by atoms with van der Waals surface area (Å²) in [5.41, 5.74) is 0.357. The smallest absolute Gasteiger partial charge is 0.312 e. The van der Waals surface area contributed by atoms with Crippen LogP contribution in [-0.2, 0) is 6.54 Å². The summed E-state index contributed by atoms with van der Waals surface area (Å²) in [6.45, 7) is 0.558. The molecule has 1 rings (SSSR count). The van der Waals surface area contributed by atoms with Crippen LogP contribution in [0.4, 0.5) is 18.9 Å². The van der Waals surface area contributed by atoms with E-state index >= 15 is 0 Å². The molecule has 0 saturated carbocycles. The summed E-state index contributed by atoms with van der Waals surface area (Å²) in [5.74, 6) is 0. The van der Waals surface area contributed by atoms with Crippen LogP contribution in [0.3, 0.4) is 0 Å². The topological polar surface area (TPSA) is 55.2 Å². The summed E-state index contributed by atoms with van der Waals surface area (Å²) in [6, 6.07) is 4.21. The van der Waals surface area contributed by atoms with Crippen LogP contribution < -0.4 is 5.32 Å². The number of alkyl halides is 3. The van der Waals surface area contributed by atoms with Crippen LogP contribution in [0.15, 0.2) is 18.2 Å². The van der Waals surface area contributed by atoms with Gasteiger partial charge in [-0.3, -0.25) is 10.1 Å². The molecule has 0 amide bonds. The third-order valence-corrected chi connectivity index (χ3v) is 2.85. The fraction of sp³-hybridized carbons (Fsp3) is 0.500. The van der Waals surface area contributed by atoms with Crippen LogP contribution in [0.5, 0.6) is 0 Å². The Kier molecular flexibility index (Phi) is 6.22. The van der Waals surface area contributed by atoms with Gasteiger partial charge in [0.2, 0.25) is 0 Å². The van der Waals surface area contributed by atoms with E-state index in [4.69, 9.17) is 11.6 Å². The van der Waals surface area contributed by atoms with E-state index in [1.165, 1.54) is 18.2 Å². The lowest BCUT2D eigenvalue weighted by molar-refractivity contribution is -0.385. The first-order chi connectivity index (χ1) is 9.29. The van der Waals surface area contributed by atoms with Gasteiger partial charge in [-0.2, -0.15) is 13.2 Å². The first-order valence-electron chi connectivity index (χ1n) is 6.00. The van der Waals surface area contributed by atoms with E-state index in [9.17, 15) is 23.3 Å². The zero-order valence-corrected chi connectivity index (χ0v) is 11.3. The Morgan fingerprint density at radius 1 is 1.30 bits per heavy atom. The molecule has 0 fully saturated rings. The molecule has 1 N–H and O–H groups in total. The van der Waals surface area contributed by atoms with Crippen molar-refractivity contribution in [2.75, 3.05) is 6.54 Å². The molecule has 0 atom stereocenters. The molecule has 0 aliphatic heterocycles. The molecule has 0 saturated heterocycles. The van der Waals surface area contributed by atoms with Gasteiger partial charge in [0.25, 0.3) is 5.69 Å². The molecule has 20 heavy (non-hydrogen) atoms. The highest BCUT2D eigenvalue weighted by Gasteiger charge is 2.25. The van der Waals surface area contributed by atoms with E-state index in [1.54, 1.807) is 0 Å². The predicted octanol–water partition coefficient (Wildman–Crippen LogP) is 4.07. The number of nitrogens with zero attached hydrogens (tertiary/aromatic N) is 1. The third kappa shape index (κ3) is 6.21. The quantitative estimate of drug-likeness (QED) is 0.469. The van der Waals surface area contributed by atoms with Gasteiger partial charge in [0, 0.05) is 29.6 Å². The summed E-state index contributed by atoms with van der Waals surface area (Å²) in [4.78, 5) is 10.3. The molecular weight excluding hydrogens is 297 g/mol. The van der Waals surface area contributed by atoms with Crippen molar-refractivity contribution in [3.8, 4) is 0 Å². The molecule has 1 aromatic rings. The van der Waals surface area contributed by atoms with Crippen LogP contribution in [0.1, 0.15) is 24.8 Å². The second kappa shape index (κ2) is 7.44. The second-order valence-electron chi connectivity index (χ2n) is 4.28. The van der Waals surface area contributed by atoms with Crippen molar-refractivity contribution in [1.82, 2.24) is 5.32 Å². The van der Waals surface area contributed by atoms with Crippen molar-refractivity contribution in [3.63, 3.8) is 0 Å². The Morgan fingerprint density at radius 2 is 2.00 bits per heavy atom. The Labute approximate surface area is 119 Å². The van der Waals surface area contributed by atoms with Gasteiger partial charge in [0.05, 0.1) is 4.92 Å². The van der Waals surface area contributed by atoms with Gasteiger partial charge in [-0.15, -0.1) is 0 Å². The van der Waals surface area contributed by atoms with Gasteiger partial charge >= 0.3 is 6.18 Å². The van der Waals surface area contributed by atoms with E-state index < -0.39 is 17.5 Å². The van der Waals surface area contributed by atoms with Crippen molar-refractivity contribution >= 4 is 17.3 Å². The maximum Gasteiger partial charge on any atom is 0.389 e. The molecule has 0 aromatic heterocycles. The molecule has 8 heteroatoms. The van der Waals surface area contributed by atoms with Crippen LogP contribution in [0.25, 0.3) is 0 Å². The van der Waals surface area contributed by atoms with E-state index in [2.05, 4.69) is 5.32 Å². The number of nitro groups is 1. The number of rotatable bonds is 7. The predicted molar refractivity (Wildman–Crippen MR) is 69.7 cm³/mol. The monoisotopic (exact) mass is 310 g/mol. The number of unbranched alkanes of at least 4 members (excludes halogenated alkanes) is 1. The second-order valence-corrected chi connectivity index (χ2v) is 4.72. The van der Waals surface area contributed by atoms with Crippen molar-refractivity contribution < 1.29 is 18.1 Å². The maximum atomic E-state index is 11.9. The van der Waals surface area contributed by atoms with Gasteiger partial charge < -0.3 is 5.32 Å². The highest BCUT2D eigenvalue weighted by atomic mass is 35.5. The molecule has 112 valence electrons. The maximum absolute atomic E-state index is 11.9. The number of nitro benzene ring substituents is 1. The fourth-order valence-electron chi connectivity index (χ4n) is 1.67. The summed E-state index contributed by atoms with van der Waals surface area (Å²) in [7, 11) is 0. The Morgan fingerprint density at radius 3 is 2.60 bits per heavy atom. The minimum Gasteiger partial charge on any atom is -0.312 e. The molecule has 0 spiro atoms. The highest BCUT2D eigenvalue weighted by Crippen LogP contribution is 2.23. The van der Waals surface area contributed by atoms with E-state index in [0.717, 1.165) is 0 Å². The van der Waals surface area contributed by atoms with Gasteiger partial charge in [0.1, 0.15) is 0 Å². The highest BCUT2D eigenvalue weighted by molar-refractivity contribution is 6.30. The van der Waals surface area contributed by atoms with E-state index in [-0.39, 0.29) is 18.7 Å². The van der Waals surface area contributed by atoms with Crippen molar-refractivity contribution in [2.45, 2.75) is 32.0 Å². The summed E-state index contributed by atoms with van der Waals surface area (Å²) in [5, 5.41) is 14.0. The average molecular weight is 311 g/mol. The first-order valence-corrected chi connectivity index (χ1v) is 6.37. The van der Waals surface area contributed by atoms with Gasteiger partial charge in [-0.25, -0.2) is 0 Å². The van der Waals surface area contributed by atoms with Crippen molar-refractivity contribution in [3.05, 3.63) is 38.9 Å². The summed E-state index contributed by atoms with van der Waals surface area (Å²) >= 11 is 5.76. The van der Waals surface area contributed by atoms with E-state index in [0.29, 0.717) is 23.6 Å². The normalized spacial score (nSPS) is 11.6. The zero-order chi connectivity index (χ0) is 15.2. The lowest BCUT2D eigenvalue weighted by Crippen LogP contribution is -2.16. The van der Waals surface area contributed by atoms with Gasteiger partial charge in [-0.05, 0) is 31.5 Å². The van der Waals surface area contributed by atoms with Crippen LogP contribution in [0, 0.1) is 10.1 Å². The lowest BCUT2D eigenvalue weighted by Gasteiger charge is -2.07. The molecule has 0 heterocycles. The number of hydrogen-bond donors (Lipinski definition) is 1. The van der Waals surface area contributed by atoms with Crippen molar-refractivity contribution in [1.29, 1.82) is 0 Å². The number of halogens is 4. The standard InChI is InChI=1S/C12H14ClF3N2O2/c13-10-3-4-11(18(19)20)9(7-10)8-17-6-2-1-5-12(14,15)16/h3-4,7,17H,1-2,5-6,8H2. The average Bonchev–Trinajstić information content (AvgIpc) is 2.32. The number of hydrogen-bond acceptors (Lipinski definition) is 3. The van der Waals surface area contributed by atoms with Gasteiger partial charge in [-0.1, -0.05) is 11.6 Å². The Hall–Kier alpha value is -1.34. The van der Waals surface area contributed by atoms with Crippen LogP contribution in [0.2, 0.25) is 5.02 Å². The molecule has 0 unspecified atom stereocenters. The minimum absolute atomic E-state index is 0.0359. The Balaban J connectivity index is 2.38. The third-order valence-electron chi connectivity index (χ3n) is 2.62. The molecule has 1 aromatic carbocycles. The molecule has 4 nitrogen and oxygen atoms in total. The SMILES string of the molecule is O=[N+]([O-])c1ccc(Cl)cc1CNCCCCC(F)(F)F. The van der Waals surface area contributed by atoms with Crippen molar-refractivity contribution in [2.24, 2.45) is 0 Å².